The summed E-state index contributed by atoms with van der Waals surface area (Å²) in [4.78, 5) is 16.5. The van der Waals surface area contributed by atoms with Crippen LogP contribution in [0.5, 0.6) is 5.88 Å². The largest absolute Gasteiger partial charge is 0.473 e. The summed E-state index contributed by atoms with van der Waals surface area (Å²) in [7, 11) is 0. The molecule has 1 atom stereocenters. The first kappa shape index (κ1) is 21.3. The van der Waals surface area contributed by atoms with Gasteiger partial charge >= 0.3 is 12.4 Å². The minimum Gasteiger partial charge on any atom is -0.473 e. The van der Waals surface area contributed by atoms with Gasteiger partial charge in [0.25, 0.3) is 5.91 Å². The Morgan fingerprint density at radius 2 is 1.76 bits per heavy atom. The minimum absolute atomic E-state index is 0.00791. The molecule has 2 heterocycles. The molecule has 1 aliphatic heterocycles. The first-order valence-electron chi connectivity index (χ1n) is 8.34. The molecule has 4 nitrogen and oxygen atoms in total. The molecule has 156 valence electrons. The van der Waals surface area contributed by atoms with Crippen molar-refractivity contribution < 1.29 is 35.9 Å². The highest BCUT2D eigenvalue weighted by Crippen LogP contribution is 2.37. The Morgan fingerprint density at radius 3 is 2.31 bits per heavy atom. The Bertz CT molecular complexity index is 862. The van der Waals surface area contributed by atoms with Crippen molar-refractivity contribution in [2.75, 3.05) is 16.8 Å². The van der Waals surface area contributed by atoms with Gasteiger partial charge in [-0.1, -0.05) is 0 Å². The van der Waals surface area contributed by atoms with Crippen molar-refractivity contribution in [2.24, 2.45) is 0 Å². The predicted molar refractivity (Wildman–Crippen MR) is 95.0 cm³/mol. The third kappa shape index (κ3) is 5.34. The molecule has 1 saturated heterocycles. The van der Waals surface area contributed by atoms with Gasteiger partial charge < -0.3 is 10.1 Å². The van der Waals surface area contributed by atoms with E-state index in [0.717, 1.165) is 12.2 Å². The number of nitrogens with zero attached hydrogens (tertiary/aromatic N) is 1. The summed E-state index contributed by atoms with van der Waals surface area (Å²) in [6, 6.07) is 3.62. The number of alkyl halides is 6. The molecule has 0 radical (unpaired) electrons. The van der Waals surface area contributed by atoms with E-state index >= 15 is 0 Å². The SMILES string of the molecule is O=C(Nc1cc(C(F)(F)F)cc(C(F)(F)F)c1)c1cccnc1OC1CCSC1. The summed E-state index contributed by atoms with van der Waals surface area (Å²) < 4.78 is 83.5. The fourth-order valence-electron chi connectivity index (χ4n) is 2.65. The second kappa shape index (κ2) is 8.13. The molecule has 3 rings (SSSR count). The van der Waals surface area contributed by atoms with Crippen LogP contribution in [0.25, 0.3) is 0 Å². The Balaban J connectivity index is 1.89. The van der Waals surface area contributed by atoms with Crippen LogP contribution in [-0.2, 0) is 12.4 Å². The van der Waals surface area contributed by atoms with E-state index in [4.69, 9.17) is 4.74 Å². The van der Waals surface area contributed by atoms with Crippen molar-refractivity contribution in [2.45, 2.75) is 24.9 Å². The number of halogens is 6. The lowest BCUT2D eigenvalue weighted by Gasteiger charge is -2.16. The highest BCUT2D eigenvalue weighted by molar-refractivity contribution is 7.99. The average Bonchev–Trinajstić information content (AvgIpc) is 3.13. The summed E-state index contributed by atoms with van der Waals surface area (Å²) >= 11 is 1.66. The lowest BCUT2D eigenvalue weighted by molar-refractivity contribution is -0.143. The number of hydrogen-bond acceptors (Lipinski definition) is 4. The molecule has 1 fully saturated rings. The summed E-state index contributed by atoms with van der Waals surface area (Å²) in [6.45, 7) is 0. The van der Waals surface area contributed by atoms with E-state index < -0.39 is 35.1 Å². The maximum Gasteiger partial charge on any atom is 0.416 e. The van der Waals surface area contributed by atoms with E-state index in [0.29, 0.717) is 17.9 Å². The zero-order valence-electron chi connectivity index (χ0n) is 14.6. The fourth-order valence-corrected chi connectivity index (χ4v) is 3.74. The highest BCUT2D eigenvalue weighted by atomic mass is 32.2. The molecular weight excluding hydrogens is 422 g/mol. The van der Waals surface area contributed by atoms with Crippen LogP contribution >= 0.6 is 11.8 Å². The topological polar surface area (TPSA) is 51.2 Å². The number of rotatable bonds is 4. The maximum absolute atomic E-state index is 13.0. The van der Waals surface area contributed by atoms with Gasteiger partial charge in [-0.3, -0.25) is 4.79 Å². The smallest absolute Gasteiger partial charge is 0.416 e. The zero-order chi connectivity index (χ0) is 21.2. The molecule has 1 aliphatic rings. The fraction of sp³-hybridized carbons (Fsp3) is 0.333. The zero-order valence-corrected chi connectivity index (χ0v) is 15.4. The van der Waals surface area contributed by atoms with Crippen LogP contribution in [0.4, 0.5) is 32.0 Å². The molecule has 2 aromatic rings. The van der Waals surface area contributed by atoms with Gasteiger partial charge in [0.1, 0.15) is 11.7 Å². The number of amides is 1. The van der Waals surface area contributed by atoms with Crippen molar-refractivity contribution in [1.82, 2.24) is 4.98 Å². The molecule has 0 saturated carbocycles. The lowest BCUT2D eigenvalue weighted by Crippen LogP contribution is -2.20. The standard InChI is InChI=1S/C18H14F6N2O2S/c19-17(20,21)10-6-11(18(22,23)24)8-12(7-10)26-15(27)14-2-1-4-25-16(14)28-13-3-5-29-9-13/h1-2,4,6-8,13H,3,5,9H2,(H,26,27). The van der Waals surface area contributed by atoms with Gasteiger partial charge in [-0.2, -0.15) is 38.1 Å². The number of carbonyl (C=O) groups is 1. The second-order valence-corrected chi connectivity index (χ2v) is 7.36. The third-order valence-corrected chi connectivity index (χ3v) is 5.16. The number of pyridine rings is 1. The normalized spacial score (nSPS) is 17.2. The number of carbonyl (C=O) groups excluding carboxylic acids is 1. The van der Waals surface area contributed by atoms with E-state index in [1.54, 1.807) is 11.8 Å². The molecule has 1 aromatic heterocycles. The summed E-state index contributed by atoms with van der Waals surface area (Å²) in [5.41, 5.74) is -3.76. The number of thioether (sulfide) groups is 1. The first-order chi connectivity index (χ1) is 13.5. The van der Waals surface area contributed by atoms with Gasteiger partial charge in [-0.05, 0) is 42.5 Å². The number of nitrogens with one attached hydrogen (secondary N) is 1. The number of hydrogen-bond donors (Lipinski definition) is 1. The predicted octanol–water partition coefficient (Wildman–Crippen LogP) is 5.26. The molecule has 1 unspecified atom stereocenters. The molecule has 0 bridgehead atoms. The van der Waals surface area contributed by atoms with Crippen LogP contribution in [0, 0.1) is 0 Å². The van der Waals surface area contributed by atoms with Crippen molar-refractivity contribution in [3.63, 3.8) is 0 Å². The molecular formula is C18H14F6N2O2S. The van der Waals surface area contributed by atoms with E-state index in [2.05, 4.69) is 10.3 Å². The van der Waals surface area contributed by atoms with Gasteiger partial charge in [-0.15, -0.1) is 0 Å². The molecule has 0 aliphatic carbocycles. The van der Waals surface area contributed by atoms with Crippen LogP contribution in [0.15, 0.2) is 36.5 Å². The summed E-state index contributed by atoms with van der Waals surface area (Å²) in [5.74, 6) is 0.621. The van der Waals surface area contributed by atoms with Crippen LogP contribution in [0.2, 0.25) is 0 Å². The number of ether oxygens (including phenoxy) is 1. The molecule has 1 N–H and O–H groups in total. The van der Waals surface area contributed by atoms with Crippen LogP contribution in [0.1, 0.15) is 27.9 Å². The van der Waals surface area contributed by atoms with Gasteiger partial charge in [-0.25, -0.2) is 4.98 Å². The van der Waals surface area contributed by atoms with E-state index in [9.17, 15) is 31.1 Å². The molecule has 1 aromatic carbocycles. The van der Waals surface area contributed by atoms with E-state index in [-0.39, 0.29) is 23.6 Å². The Labute approximate surface area is 165 Å². The highest BCUT2D eigenvalue weighted by Gasteiger charge is 2.37. The van der Waals surface area contributed by atoms with Gasteiger partial charge in [0.15, 0.2) is 0 Å². The van der Waals surface area contributed by atoms with Crippen molar-refractivity contribution in [3.8, 4) is 5.88 Å². The average molecular weight is 436 g/mol. The molecule has 29 heavy (non-hydrogen) atoms. The van der Waals surface area contributed by atoms with Crippen molar-refractivity contribution >= 4 is 23.4 Å². The number of aromatic nitrogens is 1. The van der Waals surface area contributed by atoms with E-state index in [1.807, 2.05) is 0 Å². The quantitative estimate of drug-likeness (QED) is 0.665. The number of benzene rings is 1. The van der Waals surface area contributed by atoms with Crippen molar-refractivity contribution in [1.29, 1.82) is 0 Å². The monoisotopic (exact) mass is 436 g/mol. The van der Waals surface area contributed by atoms with Crippen molar-refractivity contribution in [3.05, 3.63) is 53.2 Å². The van der Waals surface area contributed by atoms with Gasteiger partial charge in [0, 0.05) is 17.6 Å². The van der Waals surface area contributed by atoms with Crippen LogP contribution in [0.3, 0.4) is 0 Å². The first-order valence-corrected chi connectivity index (χ1v) is 9.50. The Morgan fingerprint density at radius 1 is 1.10 bits per heavy atom. The lowest BCUT2D eigenvalue weighted by atomic mass is 10.1. The van der Waals surface area contributed by atoms with Gasteiger partial charge in [0.2, 0.25) is 5.88 Å². The molecule has 0 spiro atoms. The maximum atomic E-state index is 13.0. The molecule has 11 heteroatoms. The Kier molecular flexibility index (Phi) is 5.97. The molecule has 1 amide bonds. The summed E-state index contributed by atoms with van der Waals surface area (Å²) in [5, 5.41) is 2.08. The minimum atomic E-state index is -5.01. The number of anilines is 1. The summed E-state index contributed by atoms with van der Waals surface area (Å²) in [6.07, 6.45) is -8.08. The van der Waals surface area contributed by atoms with Crippen LogP contribution in [-0.4, -0.2) is 28.5 Å². The van der Waals surface area contributed by atoms with Crippen LogP contribution < -0.4 is 10.1 Å². The second-order valence-electron chi connectivity index (χ2n) is 6.21. The van der Waals surface area contributed by atoms with E-state index in [1.165, 1.54) is 18.3 Å². The van der Waals surface area contributed by atoms with Gasteiger partial charge in [0.05, 0.1) is 11.1 Å². The third-order valence-electron chi connectivity index (χ3n) is 4.03. The Hall–Kier alpha value is -2.43.